The van der Waals surface area contributed by atoms with Gasteiger partial charge < -0.3 is 10.2 Å². The smallest absolute Gasteiger partial charge is 0.234 e. The molecule has 158 valence electrons. The summed E-state index contributed by atoms with van der Waals surface area (Å²) in [4.78, 5) is 26.3. The number of aryl methyl sites for hydroxylation is 1. The first-order valence-corrected chi connectivity index (χ1v) is 10.6. The number of anilines is 1. The molecule has 0 saturated carbocycles. The predicted octanol–water partition coefficient (Wildman–Crippen LogP) is 2.02. The van der Waals surface area contributed by atoms with Gasteiger partial charge in [-0.3, -0.25) is 9.69 Å². The molecule has 4 aromatic rings. The highest BCUT2D eigenvalue weighted by Gasteiger charge is 2.23. The summed E-state index contributed by atoms with van der Waals surface area (Å²) in [5.41, 5.74) is 2.86. The molecule has 1 amide bonds. The van der Waals surface area contributed by atoms with E-state index in [-0.39, 0.29) is 5.91 Å². The Labute approximate surface area is 180 Å². The standard InChI is InChI=1S/C23H25N7O/c1-17-25-22-19-9-5-6-10-20(19)26-23(30(22)27-17)29-13-11-28(12-14-29)16-21(31)24-15-18-7-3-2-4-8-18/h2-10H,11-16H2,1H3,(H,24,31). The molecule has 2 aromatic heterocycles. The van der Waals surface area contributed by atoms with E-state index in [1.807, 2.05) is 66.0 Å². The third-order valence-corrected chi connectivity index (χ3v) is 5.62. The summed E-state index contributed by atoms with van der Waals surface area (Å²) in [6.45, 7) is 6.02. The van der Waals surface area contributed by atoms with Gasteiger partial charge in [0.25, 0.3) is 0 Å². The maximum Gasteiger partial charge on any atom is 0.234 e. The lowest BCUT2D eigenvalue weighted by molar-refractivity contribution is -0.122. The van der Waals surface area contributed by atoms with E-state index in [0.29, 0.717) is 13.1 Å². The first-order chi connectivity index (χ1) is 15.2. The maximum absolute atomic E-state index is 12.4. The van der Waals surface area contributed by atoms with Crippen LogP contribution in [-0.4, -0.2) is 63.1 Å². The molecule has 0 unspecified atom stereocenters. The summed E-state index contributed by atoms with van der Waals surface area (Å²) < 4.78 is 1.85. The minimum atomic E-state index is 0.0513. The molecule has 8 nitrogen and oxygen atoms in total. The van der Waals surface area contributed by atoms with Crippen molar-refractivity contribution < 1.29 is 4.79 Å². The lowest BCUT2D eigenvalue weighted by atomic mass is 10.2. The molecule has 0 aliphatic carbocycles. The predicted molar refractivity (Wildman–Crippen MR) is 120 cm³/mol. The molecular formula is C23H25N7O. The van der Waals surface area contributed by atoms with Crippen LogP contribution in [-0.2, 0) is 11.3 Å². The van der Waals surface area contributed by atoms with Crippen molar-refractivity contribution in [3.8, 4) is 0 Å². The highest BCUT2D eigenvalue weighted by molar-refractivity contribution is 5.92. The van der Waals surface area contributed by atoms with E-state index in [4.69, 9.17) is 4.98 Å². The molecular weight excluding hydrogens is 390 g/mol. The van der Waals surface area contributed by atoms with E-state index >= 15 is 0 Å². The summed E-state index contributed by atoms with van der Waals surface area (Å²) >= 11 is 0. The van der Waals surface area contributed by atoms with Gasteiger partial charge in [0, 0.05) is 38.1 Å². The van der Waals surface area contributed by atoms with Gasteiger partial charge in [0.1, 0.15) is 5.82 Å². The van der Waals surface area contributed by atoms with E-state index in [2.05, 4.69) is 25.2 Å². The molecule has 1 saturated heterocycles. The molecule has 0 radical (unpaired) electrons. The fraction of sp³-hybridized carbons (Fsp3) is 0.304. The van der Waals surface area contributed by atoms with Crippen LogP contribution in [0, 0.1) is 6.92 Å². The van der Waals surface area contributed by atoms with Crippen molar-refractivity contribution in [1.82, 2.24) is 29.8 Å². The van der Waals surface area contributed by atoms with Gasteiger partial charge in [-0.2, -0.15) is 4.52 Å². The molecule has 8 heteroatoms. The number of fused-ring (bicyclic) bond motifs is 3. The molecule has 31 heavy (non-hydrogen) atoms. The minimum absolute atomic E-state index is 0.0513. The fourth-order valence-corrected chi connectivity index (χ4v) is 4.01. The SMILES string of the molecule is Cc1nc2c3ccccc3nc(N3CCN(CC(=O)NCc4ccccc4)CC3)n2n1. The number of hydrogen-bond acceptors (Lipinski definition) is 6. The maximum atomic E-state index is 12.4. The molecule has 1 fully saturated rings. The van der Waals surface area contributed by atoms with Crippen LogP contribution in [0.2, 0.25) is 0 Å². The molecule has 1 aliphatic heterocycles. The molecule has 0 bridgehead atoms. The topological polar surface area (TPSA) is 78.7 Å². The van der Waals surface area contributed by atoms with Crippen LogP contribution in [0.15, 0.2) is 54.6 Å². The van der Waals surface area contributed by atoms with Crippen LogP contribution >= 0.6 is 0 Å². The highest BCUT2D eigenvalue weighted by Crippen LogP contribution is 2.23. The first-order valence-electron chi connectivity index (χ1n) is 10.6. The highest BCUT2D eigenvalue weighted by atomic mass is 16.2. The number of benzene rings is 2. The number of para-hydroxylation sites is 1. The quantitative estimate of drug-likeness (QED) is 0.537. The molecule has 5 rings (SSSR count). The Hall–Kier alpha value is -3.52. The van der Waals surface area contributed by atoms with Crippen molar-refractivity contribution in [3.05, 3.63) is 66.0 Å². The van der Waals surface area contributed by atoms with Gasteiger partial charge >= 0.3 is 0 Å². The number of amides is 1. The molecule has 0 atom stereocenters. The zero-order valence-corrected chi connectivity index (χ0v) is 17.5. The van der Waals surface area contributed by atoms with E-state index in [1.165, 1.54) is 0 Å². The zero-order valence-electron chi connectivity index (χ0n) is 17.5. The van der Waals surface area contributed by atoms with Crippen LogP contribution in [0.1, 0.15) is 11.4 Å². The average Bonchev–Trinajstić information content (AvgIpc) is 3.20. The Kier molecular flexibility index (Phi) is 5.21. The minimum Gasteiger partial charge on any atom is -0.351 e. The van der Waals surface area contributed by atoms with Gasteiger partial charge in [-0.1, -0.05) is 42.5 Å². The van der Waals surface area contributed by atoms with E-state index in [0.717, 1.165) is 60.1 Å². The second-order valence-corrected chi connectivity index (χ2v) is 7.85. The van der Waals surface area contributed by atoms with Crippen molar-refractivity contribution in [1.29, 1.82) is 0 Å². The Morgan fingerprint density at radius 2 is 1.71 bits per heavy atom. The number of nitrogens with zero attached hydrogens (tertiary/aromatic N) is 6. The van der Waals surface area contributed by atoms with Crippen molar-refractivity contribution >= 4 is 28.4 Å². The zero-order chi connectivity index (χ0) is 21.2. The van der Waals surface area contributed by atoms with Gasteiger partial charge in [-0.15, -0.1) is 5.10 Å². The number of aromatic nitrogens is 4. The van der Waals surface area contributed by atoms with E-state index < -0.39 is 0 Å². The second kappa shape index (κ2) is 8.31. The molecule has 0 spiro atoms. The van der Waals surface area contributed by atoms with Gasteiger partial charge in [0.05, 0.1) is 12.1 Å². The molecule has 1 N–H and O–H groups in total. The van der Waals surface area contributed by atoms with E-state index in [1.54, 1.807) is 0 Å². The van der Waals surface area contributed by atoms with E-state index in [9.17, 15) is 4.79 Å². The van der Waals surface area contributed by atoms with Gasteiger partial charge in [0.2, 0.25) is 11.9 Å². The molecule has 3 heterocycles. The number of nitrogens with one attached hydrogen (secondary N) is 1. The Balaban J connectivity index is 1.25. The molecule has 2 aromatic carbocycles. The first kappa shape index (κ1) is 19.4. The van der Waals surface area contributed by atoms with Crippen LogP contribution in [0.4, 0.5) is 5.95 Å². The fourth-order valence-electron chi connectivity index (χ4n) is 4.01. The van der Waals surface area contributed by atoms with Crippen molar-refractivity contribution in [2.24, 2.45) is 0 Å². The lowest BCUT2D eigenvalue weighted by Crippen LogP contribution is -2.50. The summed E-state index contributed by atoms with van der Waals surface area (Å²) in [5.74, 6) is 1.59. The lowest BCUT2D eigenvalue weighted by Gasteiger charge is -2.34. The number of rotatable bonds is 5. The van der Waals surface area contributed by atoms with Crippen LogP contribution in [0.3, 0.4) is 0 Å². The van der Waals surface area contributed by atoms with Gasteiger partial charge in [0.15, 0.2) is 5.65 Å². The van der Waals surface area contributed by atoms with Crippen LogP contribution in [0.25, 0.3) is 16.6 Å². The Morgan fingerprint density at radius 3 is 2.52 bits per heavy atom. The summed E-state index contributed by atoms with van der Waals surface area (Å²) in [7, 11) is 0. The largest absolute Gasteiger partial charge is 0.351 e. The number of hydrogen-bond donors (Lipinski definition) is 1. The number of piperazine rings is 1. The molecule has 1 aliphatic rings. The van der Waals surface area contributed by atoms with Crippen molar-refractivity contribution in [3.63, 3.8) is 0 Å². The monoisotopic (exact) mass is 415 g/mol. The third-order valence-electron chi connectivity index (χ3n) is 5.62. The van der Waals surface area contributed by atoms with Crippen LogP contribution < -0.4 is 10.2 Å². The van der Waals surface area contributed by atoms with Gasteiger partial charge in [-0.25, -0.2) is 9.97 Å². The van der Waals surface area contributed by atoms with Crippen LogP contribution in [0.5, 0.6) is 0 Å². The summed E-state index contributed by atoms with van der Waals surface area (Å²) in [6, 6.07) is 18.0. The van der Waals surface area contributed by atoms with Crippen molar-refractivity contribution in [2.45, 2.75) is 13.5 Å². The third kappa shape index (κ3) is 4.06. The van der Waals surface area contributed by atoms with Crippen molar-refractivity contribution in [2.75, 3.05) is 37.6 Å². The summed E-state index contributed by atoms with van der Waals surface area (Å²) in [6.07, 6.45) is 0. The Bertz CT molecular complexity index is 1210. The Morgan fingerprint density at radius 1 is 0.968 bits per heavy atom. The normalized spacial score (nSPS) is 14.9. The average molecular weight is 416 g/mol. The summed E-state index contributed by atoms with van der Waals surface area (Å²) in [5, 5.41) is 8.59. The van der Waals surface area contributed by atoms with Gasteiger partial charge in [-0.05, 0) is 24.6 Å². The number of carbonyl (C=O) groups excluding carboxylic acids is 1. The number of carbonyl (C=O) groups is 1. The second-order valence-electron chi connectivity index (χ2n) is 7.85.